The molecule has 0 aromatic heterocycles. The van der Waals surface area contributed by atoms with Gasteiger partial charge in [-0.2, -0.15) is 0 Å². The maximum atomic E-state index is 11.4. The number of hydrogen-bond donors (Lipinski definition) is 0. The molecule has 1 atom stereocenters. The van der Waals surface area contributed by atoms with Gasteiger partial charge in [-0.3, -0.25) is 0 Å². The minimum Gasteiger partial charge on any atom is -0.426 e. The van der Waals surface area contributed by atoms with Gasteiger partial charge in [0, 0.05) is 0 Å². The highest BCUT2D eigenvalue weighted by molar-refractivity contribution is 5.64. The summed E-state index contributed by atoms with van der Waals surface area (Å²) in [5.74, 6) is 0.507. The van der Waals surface area contributed by atoms with Gasteiger partial charge in [0.25, 0.3) is 0 Å². The number of allylic oxidation sites excluding steroid dienone is 1. The Morgan fingerprint density at radius 3 is 2.75 bits per heavy atom. The van der Waals surface area contributed by atoms with Crippen molar-refractivity contribution in [1.29, 1.82) is 0 Å². The fourth-order valence-electron chi connectivity index (χ4n) is 1.61. The molecule has 16 heavy (non-hydrogen) atoms. The molecular formula is C13H14O3. The normalized spacial score (nSPS) is 19.1. The van der Waals surface area contributed by atoms with Gasteiger partial charge in [0.2, 0.25) is 0 Å². The summed E-state index contributed by atoms with van der Waals surface area (Å²) in [6.07, 6.45) is 6.17. The van der Waals surface area contributed by atoms with Gasteiger partial charge < -0.3 is 9.47 Å². The van der Waals surface area contributed by atoms with Crippen molar-refractivity contribution in [2.45, 2.75) is 25.4 Å². The predicted octanol–water partition coefficient (Wildman–Crippen LogP) is 3.31. The number of benzene rings is 1. The topological polar surface area (TPSA) is 35.5 Å². The maximum Gasteiger partial charge on any atom is 0.514 e. The highest BCUT2D eigenvalue weighted by Gasteiger charge is 2.14. The van der Waals surface area contributed by atoms with Crippen LogP contribution in [0.1, 0.15) is 19.3 Å². The first-order valence-electron chi connectivity index (χ1n) is 5.45. The van der Waals surface area contributed by atoms with Crippen molar-refractivity contribution in [3.63, 3.8) is 0 Å². The SMILES string of the molecule is O=C(Oc1ccccc1)OC1C=CCCC1. The number of carbonyl (C=O) groups is 1. The molecule has 0 saturated carbocycles. The van der Waals surface area contributed by atoms with E-state index in [1.807, 2.05) is 30.4 Å². The Morgan fingerprint density at radius 1 is 1.25 bits per heavy atom. The molecule has 1 aliphatic carbocycles. The van der Waals surface area contributed by atoms with E-state index < -0.39 is 6.16 Å². The van der Waals surface area contributed by atoms with Crippen LogP contribution in [0.4, 0.5) is 4.79 Å². The Morgan fingerprint density at radius 2 is 2.06 bits per heavy atom. The second-order valence-electron chi connectivity index (χ2n) is 3.68. The third-order valence-electron chi connectivity index (χ3n) is 2.40. The summed E-state index contributed by atoms with van der Waals surface area (Å²) < 4.78 is 10.2. The van der Waals surface area contributed by atoms with Crippen LogP contribution >= 0.6 is 0 Å². The first-order valence-corrected chi connectivity index (χ1v) is 5.45. The van der Waals surface area contributed by atoms with Gasteiger partial charge in [-0.05, 0) is 37.5 Å². The molecule has 1 aromatic rings. The molecule has 0 N–H and O–H groups in total. The Balaban J connectivity index is 1.84. The molecular weight excluding hydrogens is 204 g/mol. The van der Waals surface area contributed by atoms with Crippen LogP contribution in [0.5, 0.6) is 5.75 Å². The summed E-state index contributed by atoms with van der Waals surface area (Å²) in [7, 11) is 0. The summed E-state index contributed by atoms with van der Waals surface area (Å²) in [6, 6.07) is 8.92. The summed E-state index contributed by atoms with van der Waals surface area (Å²) in [5, 5.41) is 0. The van der Waals surface area contributed by atoms with Crippen LogP contribution in [0.3, 0.4) is 0 Å². The Labute approximate surface area is 94.7 Å². The van der Waals surface area contributed by atoms with Gasteiger partial charge in [0.05, 0.1) is 0 Å². The minimum atomic E-state index is -0.636. The van der Waals surface area contributed by atoms with Crippen molar-refractivity contribution in [1.82, 2.24) is 0 Å². The Bertz CT molecular complexity index is 370. The third kappa shape index (κ3) is 3.12. The first-order chi connectivity index (χ1) is 7.84. The van der Waals surface area contributed by atoms with E-state index >= 15 is 0 Å². The monoisotopic (exact) mass is 218 g/mol. The molecule has 0 spiro atoms. The number of carbonyl (C=O) groups excluding carboxylic acids is 1. The van der Waals surface area contributed by atoms with E-state index in [0.717, 1.165) is 19.3 Å². The van der Waals surface area contributed by atoms with Gasteiger partial charge in [-0.15, -0.1) is 0 Å². The largest absolute Gasteiger partial charge is 0.514 e. The molecule has 0 fully saturated rings. The van der Waals surface area contributed by atoms with Gasteiger partial charge >= 0.3 is 6.16 Å². The molecule has 3 nitrogen and oxygen atoms in total. The second kappa shape index (κ2) is 5.35. The molecule has 0 saturated heterocycles. The predicted molar refractivity (Wildman–Crippen MR) is 60.3 cm³/mol. The van der Waals surface area contributed by atoms with E-state index in [2.05, 4.69) is 0 Å². The van der Waals surface area contributed by atoms with Crippen LogP contribution < -0.4 is 4.74 Å². The lowest BCUT2D eigenvalue weighted by molar-refractivity contribution is 0.0709. The third-order valence-corrected chi connectivity index (χ3v) is 2.40. The average molecular weight is 218 g/mol. The molecule has 1 aliphatic rings. The van der Waals surface area contributed by atoms with Crippen molar-refractivity contribution in [3.8, 4) is 5.75 Å². The van der Waals surface area contributed by atoms with E-state index in [-0.39, 0.29) is 6.10 Å². The summed E-state index contributed by atoms with van der Waals surface area (Å²) in [6.45, 7) is 0. The fourth-order valence-corrected chi connectivity index (χ4v) is 1.61. The Hall–Kier alpha value is -1.77. The first kappa shape index (κ1) is 10.7. The lowest BCUT2D eigenvalue weighted by atomic mass is 10.1. The standard InChI is InChI=1S/C13H14O3/c14-13(15-11-7-3-1-4-8-11)16-12-9-5-2-6-10-12/h1,3-5,7-9,12H,2,6,10H2. The van der Waals surface area contributed by atoms with Crippen molar-refractivity contribution < 1.29 is 14.3 Å². The van der Waals surface area contributed by atoms with Crippen molar-refractivity contribution >= 4 is 6.16 Å². The van der Waals surface area contributed by atoms with E-state index in [4.69, 9.17) is 9.47 Å². The zero-order valence-corrected chi connectivity index (χ0v) is 8.96. The molecule has 0 bridgehead atoms. The van der Waals surface area contributed by atoms with Crippen molar-refractivity contribution in [2.24, 2.45) is 0 Å². The molecule has 84 valence electrons. The summed E-state index contributed by atoms with van der Waals surface area (Å²) >= 11 is 0. The molecule has 0 heterocycles. The summed E-state index contributed by atoms with van der Waals surface area (Å²) in [4.78, 5) is 11.4. The Kier molecular flexibility index (Phi) is 3.59. The van der Waals surface area contributed by atoms with Gasteiger partial charge in [0.15, 0.2) is 0 Å². The minimum absolute atomic E-state index is 0.134. The van der Waals surface area contributed by atoms with Crippen LogP contribution in [0, 0.1) is 0 Å². The number of ether oxygens (including phenoxy) is 2. The lowest BCUT2D eigenvalue weighted by Gasteiger charge is -2.16. The second-order valence-corrected chi connectivity index (χ2v) is 3.68. The van der Waals surface area contributed by atoms with E-state index in [0.29, 0.717) is 5.75 Å². The average Bonchev–Trinajstić information content (AvgIpc) is 2.31. The molecule has 0 amide bonds. The summed E-state index contributed by atoms with van der Waals surface area (Å²) in [5.41, 5.74) is 0. The van der Waals surface area contributed by atoms with Crippen LogP contribution in [0.25, 0.3) is 0 Å². The molecule has 1 unspecified atom stereocenters. The highest BCUT2D eigenvalue weighted by atomic mass is 16.7. The van der Waals surface area contributed by atoms with E-state index in [1.165, 1.54) is 0 Å². The molecule has 0 radical (unpaired) electrons. The zero-order valence-electron chi connectivity index (χ0n) is 8.96. The van der Waals surface area contributed by atoms with Crippen LogP contribution in [-0.2, 0) is 4.74 Å². The van der Waals surface area contributed by atoms with E-state index in [1.54, 1.807) is 12.1 Å². The number of rotatable bonds is 2. The van der Waals surface area contributed by atoms with Crippen LogP contribution in [-0.4, -0.2) is 12.3 Å². The van der Waals surface area contributed by atoms with Crippen molar-refractivity contribution in [3.05, 3.63) is 42.5 Å². The number of para-hydroxylation sites is 1. The van der Waals surface area contributed by atoms with Gasteiger partial charge in [-0.25, -0.2) is 4.79 Å². The molecule has 0 aliphatic heterocycles. The van der Waals surface area contributed by atoms with Crippen LogP contribution in [0.15, 0.2) is 42.5 Å². The van der Waals surface area contributed by atoms with E-state index in [9.17, 15) is 4.79 Å². The zero-order chi connectivity index (χ0) is 11.2. The fraction of sp³-hybridized carbons (Fsp3) is 0.308. The van der Waals surface area contributed by atoms with Gasteiger partial charge in [-0.1, -0.05) is 24.3 Å². The molecule has 2 rings (SSSR count). The maximum absolute atomic E-state index is 11.4. The van der Waals surface area contributed by atoms with Crippen LogP contribution in [0.2, 0.25) is 0 Å². The van der Waals surface area contributed by atoms with Crippen molar-refractivity contribution in [2.75, 3.05) is 0 Å². The lowest BCUT2D eigenvalue weighted by Crippen LogP contribution is -2.20. The smallest absolute Gasteiger partial charge is 0.426 e. The molecule has 1 aromatic carbocycles. The molecule has 3 heteroatoms. The number of hydrogen-bond acceptors (Lipinski definition) is 3. The highest BCUT2D eigenvalue weighted by Crippen LogP contribution is 2.15. The van der Waals surface area contributed by atoms with Gasteiger partial charge in [0.1, 0.15) is 11.9 Å². The quantitative estimate of drug-likeness (QED) is 0.434.